The number of nitrogens with zero attached hydrogens (tertiary/aromatic N) is 2. The molecule has 2 aliphatic heterocycles. The smallest absolute Gasteiger partial charge is 0.416 e. The van der Waals surface area contributed by atoms with Gasteiger partial charge in [-0.2, -0.15) is 13.2 Å². The van der Waals surface area contributed by atoms with E-state index >= 15 is 0 Å². The maximum atomic E-state index is 13.5. The Kier molecular flexibility index (Phi) is 6.79. The number of carboxylic acids is 1. The maximum absolute atomic E-state index is 13.5. The summed E-state index contributed by atoms with van der Waals surface area (Å²) in [7, 11) is 0. The van der Waals surface area contributed by atoms with Crippen LogP contribution in [0.2, 0.25) is 0 Å². The van der Waals surface area contributed by atoms with Crippen molar-refractivity contribution in [1.29, 1.82) is 0 Å². The highest BCUT2D eigenvalue weighted by atomic mass is 19.4. The molecule has 7 nitrogen and oxygen atoms in total. The fourth-order valence-corrected chi connectivity index (χ4v) is 6.21. The van der Waals surface area contributed by atoms with Crippen LogP contribution in [0, 0.1) is 5.92 Å². The molecule has 212 valence electrons. The van der Waals surface area contributed by atoms with Crippen molar-refractivity contribution >= 4 is 17.8 Å². The van der Waals surface area contributed by atoms with Crippen molar-refractivity contribution in [3.05, 3.63) is 99.4 Å². The highest BCUT2D eigenvalue weighted by Gasteiger charge is 2.52. The van der Waals surface area contributed by atoms with Gasteiger partial charge in [-0.05, 0) is 66.8 Å². The lowest BCUT2D eigenvalue weighted by Gasteiger charge is -2.16. The van der Waals surface area contributed by atoms with Crippen LogP contribution in [-0.4, -0.2) is 39.3 Å². The third-order valence-corrected chi connectivity index (χ3v) is 8.34. The Labute approximate surface area is 234 Å². The van der Waals surface area contributed by atoms with Gasteiger partial charge in [0.25, 0.3) is 5.91 Å². The lowest BCUT2D eigenvalue weighted by atomic mass is 9.90. The van der Waals surface area contributed by atoms with Crippen LogP contribution < -0.4 is 5.32 Å². The first-order valence-corrected chi connectivity index (χ1v) is 13.7. The fourth-order valence-electron chi connectivity index (χ4n) is 6.21. The number of carbonyl (C=O) groups excluding carboxylic acids is 2. The lowest BCUT2D eigenvalue weighted by molar-refractivity contribution is -0.137. The number of benzene rings is 2. The summed E-state index contributed by atoms with van der Waals surface area (Å²) in [6, 6.07) is 14.0. The molecule has 0 bridgehead atoms. The van der Waals surface area contributed by atoms with E-state index in [1.54, 1.807) is 4.90 Å². The molecule has 1 saturated heterocycles. The molecule has 1 saturated carbocycles. The van der Waals surface area contributed by atoms with Gasteiger partial charge in [-0.15, -0.1) is 0 Å². The molecule has 2 aromatic carbocycles. The molecule has 2 fully saturated rings. The minimum atomic E-state index is -4.45. The zero-order valence-electron chi connectivity index (χ0n) is 22.1. The second kappa shape index (κ2) is 10.3. The van der Waals surface area contributed by atoms with Crippen LogP contribution in [0.15, 0.2) is 54.6 Å². The van der Waals surface area contributed by atoms with Crippen molar-refractivity contribution in [1.82, 2.24) is 15.2 Å². The summed E-state index contributed by atoms with van der Waals surface area (Å²) >= 11 is 0. The van der Waals surface area contributed by atoms with Crippen LogP contribution in [0.25, 0.3) is 0 Å². The van der Waals surface area contributed by atoms with Gasteiger partial charge < -0.3 is 15.3 Å². The van der Waals surface area contributed by atoms with E-state index in [4.69, 9.17) is 4.98 Å². The number of hydrogen-bond acceptors (Lipinski definition) is 4. The second-order valence-electron chi connectivity index (χ2n) is 10.9. The summed E-state index contributed by atoms with van der Waals surface area (Å²) < 4.78 is 39.0. The van der Waals surface area contributed by atoms with E-state index < -0.39 is 29.5 Å². The molecule has 10 heteroatoms. The van der Waals surface area contributed by atoms with Crippen LogP contribution in [-0.2, 0) is 30.4 Å². The number of alkyl halides is 3. The molecule has 3 atom stereocenters. The molecular formula is C31H28F3N3O4. The number of aromatic nitrogens is 1. The quantitative estimate of drug-likeness (QED) is 0.388. The first-order valence-electron chi connectivity index (χ1n) is 13.7. The second-order valence-corrected chi connectivity index (χ2v) is 10.9. The van der Waals surface area contributed by atoms with Gasteiger partial charge >= 0.3 is 12.1 Å². The monoisotopic (exact) mass is 563 g/mol. The van der Waals surface area contributed by atoms with Gasteiger partial charge in [0.05, 0.1) is 34.1 Å². The lowest BCUT2D eigenvalue weighted by Crippen LogP contribution is -2.26. The largest absolute Gasteiger partial charge is 0.478 e. The Morgan fingerprint density at radius 1 is 1.02 bits per heavy atom. The average molecular weight is 564 g/mol. The topological polar surface area (TPSA) is 99.6 Å². The van der Waals surface area contributed by atoms with Gasteiger partial charge in [-0.1, -0.05) is 42.5 Å². The molecule has 2 N–H and O–H groups in total. The molecule has 3 aromatic rings. The fraction of sp³-hybridized carbons (Fsp3) is 0.355. The van der Waals surface area contributed by atoms with Crippen molar-refractivity contribution in [2.45, 2.75) is 56.8 Å². The van der Waals surface area contributed by atoms with E-state index in [9.17, 15) is 32.7 Å². The highest BCUT2D eigenvalue weighted by molar-refractivity contribution is 6.05. The van der Waals surface area contributed by atoms with Gasteiger partial charge in [0.1, 0.15) is 0 Å². The molecule has 0 spiro atoms. The van der Waals surface area contributed by atoms with Gasteiger partial charge in [0, 0.05) is 19.0 Å². The number of aryl methyl sites for hydroxylation is 2. The van der Waals surface area contributed by atoms with E-state index in [1.165, 1.54) is 12.1 Å². The number of hydrogen-bond donors (Lipinski definition) is 2. The van der Waals surface area contributed by atoms with E-state index in [0.717, 1.165) is 30.5 Å². The maximum Gasteiger partial charge on any atom is 0.416 e. The predicted molar refractivity (Wildman–Crippen MR) is 142 cm³/mol. The molecule has 1 aliphatic carbocycles. The Bertz CT molecular complexity index is 1520. The molecule has 1 aromatic heterocycles. The molecule has 41 heavy (non-hydrogen) atoms. The van der Waals surface area contributed by atoms with E-state index in [0.29, 0.717) is 47.6 Å². The van der Waals surface area contributed by atoms with Crippen molar-refractivity contribution in [2.24, 2.45) is 5.92 Å². The van der Waals surface area contributed by atoms with Gasteiger partial charge in [0.2, 0.25) is 5.91 Å². The van der Waals surface area contributed by atoms with E-state index in [2.05, 4.69) is 5.32 Å². The van der Waals surface area contributed by atoms with Crippen molar-refractivity contribution < 1.29 is 32.7 Å². The van der Waals surface area contributed by atoms with Crippen LogP contribution >= 0.6 is 0 Å². The number of carboxylic acid groups (broad SMARTS) is 1. The minimum Gasteiger partial charge on any atom is -0.478 e. The summed E-state index contributed by atoms with van der Waals surface area (Å²) in [5.41, 5.74) is 2.28. The SMILES string of the molecule is O=C(O)c1c(CCc2ccc(C(F)(F)F)cc2)nc2c(c1C1CC1C(=O)NCc1ccccc1)C(=O)N1CCC[C@@H]21. The van der Waals surface area contributed by atoms with Gasteiger partial charge in [0.15, 0.2) is 0 Å². The Morgan fingerprint density at radius 2 is 1.76 bits per heavy atom. The number of nitrogens with one attached hydrogen (secondary N) is 1. The number of aromatic carboxylic acids is 1. The van der Waals surface area contributed by atoms with Crippen LogP contribution in [0.3, 0.4) is 0 Å². The van der Waals surface area contributed by atoms with Crippen molar-refractivity contribution in [3.63, 3.8) is 0 Å². The number of rotatable bonds is 8. The number of pyridine rings is 1. The third kappa shape index (κ3) is 5.07. The van der Waals surface area contributed by atoms with E-state index in [1.807, 2.05) is 30.3 Å². The van der Waals surface area contributed by atoms with E-state index in [-0.39, 0.29) is 36.3 Å². The first-order chi connectivity index (χ1) is 19.6. The summed E-state index contributed by atoms with van der Waals surface area (Å²) in [5, 5.41) is 13.3. The summed E-state index contributed by atoms with van der Waals surface area (Å²) in [6.07, 6.45) is -2.03. The van der Waals surface area contributed by atoms with Crippen molar-refractivity contribution in [3.8, 4) is 0 Å². The predicted octanol–water partition coefficient (Wildman–Crippen LogP) is 5.29. The molecule has 6 rings (SSSR count). The van der Waals surface area contributed by atoms with Crippen LogP contribution in [0.5, 0.6) is 0 Å². The van der Waals surface area contributed by atoms with Gasteiger partial charge in [-0.3, -0.25) is 14.6 Å². The van der Waals surface area contributed by atoms with Gasteiger partial charge in [-0.25, -0.2) is 4.79 Å². The van der Waals surface area contributed by atoms with Crippen LogP contribution in [0.4, 0.5) is 13.2 Å². The molecule has 2 unspecified atom stereocenters. The average Bonchev–Trinajstić information content (AvgIpc) is 3.51. The zero-order chi connectivity index (χ0) is 28.9. The number of halogens is 3. The zero-order valence-corrected chi connectivity index (χ0v) is 22.1. The summed E-state index contributed by atoms with van der Waals surface area (Å²) in [4.78, 5) is 45.7. The molecular weight excluding hydrogens is 535 g/mol. The number of carbonyl (C=O) groups is 3. The standard InChI is InChI=1S/C31H28F3N3O4/c32-31(33,34)19-11-8-17(9-12-19)10-13-22-25(30(40)41)24(26-27(36-22)23-7-4-14-37(23)29(26)39)20-15-21(20)28(38)35-16-18-5-2-1-3-6-18/h1-3,5-6,8-9,11-12,20-21,23H,4,7,10,13-16H2,(H,35,38)(H,40,41)/t20?,21?,23-/m0/s1. The molecule has 0 radical (unpaired) electrons. The first kappa shape index (κ1) is 27.0. The Balaban J connectivity index is 1.32. The number of fused-ring (bicyclic) bond motifs is 3. The van der Waals surface area contributed by atoms with Crippen molar-refractivity contribution in [2.75, 3.05) is 6.54 Å². The Morgan fingerprint density at radius 3 is 2.44 bits per heavy atom. The summed E-state index contributed by atoms with van der Waals surface area (Å²) in [5.74, 6) is -2.56. The molecule has 3 aliphatic rings. The third-order valence-electron chi connectivity index (χ3n) is 8.34. The molecule has 3 heterocycles. The van der Waals surface area contributed by atoms with Crippen LogP contribution in [0.1, 0.15) is 85.6 Å². The Hall–Kier alpha value is -4.21. The molecule has 2 amide bonds. The highest BCUT2D eigenvalue weighted by Crippen LogP contribution is 2.54. The number of amides is 2. The normalized spacial score (nSPS) is 21.0. The minimum absolute atomic E-state index is 0.0615. The summed E-state index contributed by atoms with van der Waals surface area (Å²) in [6.45, 7) is 0.907.